The fourth-order valence-corrected chi connectivity index (χ4v) is 3.46. The highest BCUT2D eigenvalue weighted by atomic mass is 19.4. The fraction of sp³-hybridized carbons (Fsp3) is 0.304. The van der Waals surface area contributed by atoms with Crippen molar-refractivity contribution in [1.82, 2.24) is 20.1 Å². The van der Waals surface area contributed by atoms with Crippen molar-refractivity contribution in [2.75, 3.05) is 25.0 Å². The highest BCUT2D eigenvalue weighted by Crippen LogP contribution is 2.27. The molecule has 12 heteroatoms. The lowest BCUT2D eigenvalue weighted by Crippen LogP contribution is -2.30. The molecule has 0 fully saturated rings. The number of aromatic nitrogens is 3. The zero-order valence-electron chi connectivity index (χ0n) is 18.5. The number of aliphatic imine (C=N–C) groups is 2. The van der Waals surface area contributed by atoms with E-state index in [0.717, 1.165) is 37.2 Å². The zero-order chi connectivity index (χ0) is 24.8. The van der Waals surface area contributed by atoms with E-state index in [-0.39, 0.29) is 18.1 Å². The van der Waals surface area contributed by atoms with Crippen molar-refractivity contribution in [1.29, 1.82) is 0 Å². The monoisotopic (exact) mass is 485 g/mol. The number of carbonyl (C=O) groups is 2. The highest BCUT2D eigenvalue weighted by molar-refractivity contribution is 6.03. The molecule has 3 heterocycles. The van der Waals surface area contributed by atoms with Crippen LogP contribution in [0, 0.1) is 0 Å². The number of nitrogens with one attached hydrogen (secondary N) is 2. The summed E-state index contributed by atoms with van der Waals surface area (Å²) in [5.74, 6) is -0.987. The van der Waals surface area contributed by atoms with E-state index in [1.165, 1.54) is 10.7 Å². The van der Waals surface area contributed by atoms with Crippen LogP contribution < -0.4 is 10.6 Å². The lowest BCUT2D eigenvalue weighted by atomic mass is 10.2. The van der Waals surface area contributed by atoms with Crippen LogP contribution in [0.3, 0.4) is 0 Å². The number of halogens is 3. The van der Waals surface area contributed by atoms with E-state index in [2.05, 4.69) is 30.7 Å². The summed E-state index contributed by atoms with van der Waals surface area (Å²) in [6, 6.07) is 7.96. The standard InChI is InChI=1S/C23H22F3N7O2/c24-23(25,26)20-3-1-2-19(31-20)22(35)30-17-4-5-18-15(12-17)13-33(32-18)14-21(34)29-11-10-28-16-6-8-27-9-7-16/h1-5,8,12-13H,6-7,9-11,14H2,(H,29,34)(H,30,35). The smallest absolute Gasteiger partial charge is 0.353 e. The maximum absolute atomic E-state index is 12.8. The van der Waals surface area contributed by atoms with Gasteiger partial charge in [0.25, 0.3) is 5.91 Å². The van der Waals surface area contributed by atoms with E-state index in [0.29, 0.717) is 29.7 Å². The summed E-state index contributed by atoms with van der Waals surface area (Å²) < 4.78 is 40.0. The van der Waals surface area contributed by atoms with Crippen molar-refractivity contribution in [2.45, 2.75) is 25.6 Å². The van der Waals surface area contributed by atoms with Crippen LogP contribution in [0.15, 0.2) is 52.6 Å². The van der Waals surface area contributed by atoms with Gasteiger partial charge in [-0.15, -0.1) is 0 Å². The third-order valence-electron chi connectivity index (χ3n) is 5.14. The molecular formula is C23H22F3N7O2. The van der Waals surface area contributed by atoms with Crippen LogP contribution in [0.25, 0.3) is 10.9 Å². The first-order chi connectivity index (χ1) is 16.8. The number of alkyl halides is 3. The van der Waals surface area contributed by atoms with Crippen LogP contribution in [0.4, 0.5) is 18.9 Å². The maximum atomic E-state index is 12.8. The Kier molecular flexibility index (Phi) is 7.18. The minimum absolute atomic E-state index is 0.00769. The molecule has 1 aliphatic heterocycles. The number of amides is 2. The molecular weight excluding hydrogens is 463 g/mol. The first kappa shape index (κ1) is 24.0. The number of anilines is 1. The Morgan fingerprint density at radius 2 is 2.03 bits per heavy atom. The van der Waals surface area contributed by atoms with Gasteiger partial charge in [-0.05, 0) is 30.3 Å². The van der Waals surface area contributed by atoms with Crippen LogP contribution in [-0.4, -0.2) is 58.1 Å². The quantitative estimate of drug-likeness (QED) is 0.501. The molecule has 182 valence electrons. The van der Waals surface area contributed by atoms with Crippen LogP contribution in [0.2, 0.25) is 0 Å². The van der Waals surface area contributed by atoms with Crippen LogP contribution >= 0.6 is 0 Å². The van der Waals surface area contributed by atoms with E-state index >= 15 is 0 Å². The van der Waals surface area contributed by atoms with Crippen molar-refractivity contribution in [3.05, 3.63) is 54.0 Å². The van der Waals surface area contributed by atoms with Crippen molar-refractivity contribution in [3.63, 3.8) is 0 Å². The molecule has 3 aromatic rings. The van der Waals surface area contributed by atoms with Gasteiger partial charge in [-0.3, -0.25) is 24.3 Å². The maximum Gasteiger partial charge on any atom is 0.433 e. The zero-order valence-corrected chi connectivity index (χ0v) is 18.5. The Balaban J connectivity index is 1.33. The molecule has 0 saturated carbocycles. The SMILES string of the molecule is O=C(Cn1cc2cc(NC(=O)c3cccc(C(F)(F)F)n3)ccc2n1)NCCN=C1CC=NCC1. The van der Waals surface area contributed by atoms with Gasteiger partial charge in [-0.1, -0.05) is 6.07 Å². The van der Waals surface area contributed by atoms with Crippen molar-refractivity contribution in [3.8, 4) is 0 Å². The third-order valence-corrected chi connectivity index (χ3v) is 5.14. The van der Waals surface area contributed by atoms with Gasteiger partial charge in [0.1, 0.15) is 17.9 Å². The second-order valence-electron chi connectivity index (χ2n) is 7.80. The number of hydrogen-bond donors (Lipinski definition) is 2. The summed E-state index contributed by atoms with van der Waals surface area (Å²) in [4.78, 5) is 36.6. The second kappa shape index (κ2) is 10.5. The molecule has 0 radical (unpaired) electrons. The Hall–Kier alpha value is -4.09. The Bertz CT molecular complexity index is 1300. The van der Waals surface area contributed by atoms with E-state index < -0.39 is 17.8 Å². The first-order valence-electron chi connectivity index (χ1n) is 10.9. The number of rotatable bonds is 7. The fourth-order valence-electron chi connectivity index (χ4n) is 3.46. The van der Waals surface area contributed by atoms with Crippen molar-refractivity contribution in [2.24, 2.45) is 9.98 Å². The second-order valence-corrected chi connectivity index (χ2v) is 7.80. The molecule has 1 aliphatic rings. The van der Waals surface area contributed by atoms with Crippen LogP contribution in [-0.2, 0) is 17.5 Å². The minimum atomic E-state index is -4.64. The number of nitrogens with zero attached hydrogens (tertiary/aromatic N) is 5. The van der Waals surface area contributed by atoms with Gasteiger partial charge < -0.3 is 10.6 Å². The number of pyridine rings is 1. The Morgan fingerprint density at radius 1 is 1.17 bits per heavy atom. The Morgan fingerprint density at radius 3 is 2.80 bits per heavy atom. The number of benzene rings is 1. The molecule has 0 atom stereocenters. The summed E-state index contributed by atoms with van der Waals surface area (Å²) >= 11 is 0. The molecule has 0 saturated heterocycles. The summed E-state index contributed by atoms with van der Waals surface area (Å²) in [5.41, 5.74) is 0.542. The van der Waals surface area contributed by atoms with E-state index in [4.69, 9.17) is 0 Å². The molecule has 2 amide bonds. The average molecular weight is 485 g/mol. The van der Waals surface area contributed by atoms with Gasteiger partial charge in [0.05, 0.1) is 12.1 Å². The molecule has 0 aliphatic carbocycles. The molecule has 35 heavy (non-hydrogen) atoms. The lowest BCUT2D eigenvalue weighted by Gasteiger charge is -2.08. The number of carbonyl (C=O) groups excluding carboxylic acids is 2. The minimum Gasteiger partial charge on any atom is -0.353 e. The first-order valence-corrected chi connectivity index (χ1v) is 10.9. The molecule has 9 nitrogen and oxygen atoms in total. The van der Waals surface area contributed by atoms with Gasteiger partial charge >= 0.3 is 6.18 Å². The van der Waals surface area contributed by atoms with Crippen LogP contribution in [0.5, 0.6) is 0 Å². The predicted molar refractivity (Wildman–Crippen MR) is 125 cm³/mol. The van der Waals surface area contributed by atoms with Gasteiger partial charge in [0.2, 0.25) is 5.91 Å². The third kappa shape index (κ3) is 6.49. The molecule has 0 spiro atoms. The number of hydrogen-bond acceptors (Lipinski definition) is 6. The molecule has 2 aromatic heterocycles. The highest BCUT2D eigenvalue weighted by Gasteiger charge is 2.32. The molecule has 2 N–H and O–H groups in total. The number of fused-ring (bicyclic) bond motifs is 1. The summed E-state index contributed by atoms with van der Waals surface area (Å²) in [6.07, 6.45) is 0.460. The topological polar surface area (TPSA) is 114 Å². The summed E-state index contributed by atoms with van der Waals surface area (Å²) in [5, 5.41) is 10.3. The van der Waals surface area contributed by atoms with E-state index in [1.54, 1.807) is 24.4 Å². The normalized spacial score (nSPS) is 14.9. The molecule has 1 aromatic carbocycles. The van der Waals surface area contributed by atoms with Gasteiger partial charge in [-0.25, -0.2) is 4.98 Å². The van der Waals surface area contributed by atoms with E-state index in [9.17, 15) is 22.8 Å². The molecule has 0 unspecified atom stereocenters. The van der Waals surface area contributed by atoms with Crippen LogP contribution in [0.1, 0.15) is 29.0 Å². The lowest BCUT2D eigenvalue weighted by molar-refractivity contribution is -0.141. The average Bonchev–Trinajstić information content (AvgIpc) is 3.23. The van der Waals surface area contributed by atoms with E-state index in [1.807, 2.05) is 6.21 Å². The van der Waals surface area contributed by atoms with Gasteiger partial charge in [0.15, 0.2) is 0 Å². The largest absolute Gasteiger partial charge is 0.433 e. The summed E-state index contributed by atoms with van der Waals surface area (Å²) in [6.45, 7) is 1.68. The predicted octanol–water partition coefficient (Wildman–Crippen LogP) is 3.12. The molecule has 0 bridgehead atoms. The molecule has 4 rings (SSSR count). The van der Waals surface area contributed by atoms with Gasteiger partial charge in [0, 0.05) is 55.1 Å². The summed E-state index contributed by atoms with van der Waals surface area (Å²) in [7, 11) is 0. The van der Waals surface area contributed by atoms with Crippen molar-refractivity contribution < 1.29 is 22.8 Å². The van der Waals surface area contributed by atoms with Crippen molar-refractivity contribution >= 4 is 40.3 Å². The van der Waals surface area contributed by atoms with Gasteiger partial charge in [-0.2, -0.15) is 18.3 Å². The Labute approximate surface area is 198 Å².